The van der Waals surface area contributed by atoms with Crippen molar-refractivity contribution in [1.82, 2.24) is 14.9 Å². The number of nitrogens with one attached hydrogen (secondary N) is 1. The maximum atomic E-state index is 4.62. The second-order valence-electron chi connectivity index (χ2n) is 6.94. The fourth-order valence-electron chi connectivity index (χ4n) is 3.79. The van der Waals surface area contributed by atoms with Crippen LogP contribution in [0.3, 0.4) is 0 Å². The third-order valence-corrected chi connectivity index (χ3v) is 5.17. The van der Waals surface area contributed by atoms with Gasteiger partial charge in [0, 0.05) is 6.04 Å². The molecule has 1 aromatic heterocycles. The quantitative estimate of drug-likeness (QED) is 0.904. The third kappa shape index (κ3) is 1.96. The van der Waals surface area contributed by atoms with E-state index in [0.717, 1.165) is 5.52 Å². The predicted molar refractivity (Wildman–Crippen MR) is 84.1 cm³/mol. The van der Waals surface area contributed by atoms with Gasteiger partial charge in [0.25, 0.3) is 0 Å². The summed E-state index contributed by atoms with van der Waals surface area (Å²) in [6.07, 6.45) is 4.50. The van der Waals surface area contributed by atoms with Crippen molar-refractivity contribution in [1.29, 1.82) is 0 Å². The zero-order valence-electron chi connectivity index (χ0n) is 13.2. The minimum atomic E-state index is 0.343. The number of rotatable bonds is 2. The standard InChI is InChI=1S/C17H25N3/c1-11-8-13-15(9-12(11)2)20(10-19-13)14-6-7-17(3,4)16(14)18-5/h8-10,14,16,18H,6-7H2,1-5H3. The Hall–Kier alpha value is -1.35. The Morgan fingerprint density at radius 3 is 2.65 bits per heavy atom. The first-order chi connectivity index (χ1) is 9.44. The van der Waals surface area contributed by atoms with Crippen molar-refractivity contribution in [3.8, 4) is 0 Å². The zero-order valence-corrected chi connectivity index (χ0v) is 13.2. The van der Waals surface area contributed by atoms with Gasteiger partial charge in [-0.2, -0.15) is 0 Å². The minimum absolute atomic E-state index is 0.343. The molecular formula is C17H25N3. The summed E-state index contributed by atoms with van der Waals surface area (Å²) in [4.78, 5) is 4.62. The van der Waals surface area contributed by atoms with Crippen LogP contribution in [0.4, 0.5) is 0 Å². The molecule has 0 aliphatic heterocycles. The first-order valence-corrected chi connectivity index (χ1v) is 7.55. The molecule has 3 rings (SSSR count). The SMILES string of the molecule is CNC1C(n2cnc3cc(C)c(C)cc32)CCC1(C)C. The fourth-order valence-corrected chi connectivity index (χ4v) is 3.79. The molecule has 108 valence electrons. The van der Waals surface area contributed by atoms with E-state index in [1.165, 1.54) is 29.5 Å². The highest BCUT2D eigenvalue weighted by molar-refractivity contribution is 5.77. The molecule has 2 unspecified atom stereocenters. The molecule has 2 atom stereocenters. The molecule has 1 fully saturated rings. The first kappa shape index (κ1) is 13.6. The minimum Gasteiger partial charge on any atom is -0.326 e. The number of fused-ring (bicyclic) bond motifs is 1. The lowest BCUT2D eigenvalue weighted by atomic mass is 9.86. The lowest BCUT2D eigenvalue weighted by Gasteiger charge is -2.31. The van der Waals surface area contributed by atoms with Crippen molar-refractivity contribution in [2.75, 3.05) is 7.05 Å². The van der Waals surface area contributed by atoms with Crippen LogP contribution < -0.4 is 5.32 Å². The molecule has 1 aliphatic rings. The van der Waals surface area contributed by atoms with Gasteiger partial charge in [-0.25, -0.2) is 4.98 Å². The second kappa shape index (κ2) is 4.59. The normalized spacial score (nSPS) is 25.4. The summed E-state index contributed by atoms with van der Waals surface area (Å²) in [5.41, 5.74) is 5.40. The number of imidazole rings is 1. The molecule has 1 saturated carbocycles. The summed E-state index contributed by atoms with van der Waals surface area (Å²) in [6, 6.07) is 5.49. The molecule has 2 aromatic rings. The van der Waals surface area contributed by atoms with Gasteiger partial charge in [0.1, 0.15) is 0 Å². The molecule has 1 N–H and O–H groups in total. The van der Waals surface area contributed by atoms with Crippen LogP contribution >= 0.6 is 0 Å². The molecular weight excluding hydrogens is 246 g/mol. The van der Waals surface area contributed by atoms with Gasteiger partial charge in [-0.15, -0.1) is 0 Å². The predicted octanol–water partition coefficient (Wildman–Crippen LogP) is 3.60. The highest BCUT2D eigenvalue weighted by Gasteiger charge is 2.42. The number of aromatic nitrogens is 2. The van der Waals surface area contributed by atoms with E-state index in [0.29, 0.717) is 17.5 Å². The molecule has 3 nitrogen and oxygen atoms in total. The molecule has 3 heteroatoms. The lowest BCUT2D eigenvalue weighted by molar-refractivity contribution is 0.263. The maximum Gasteiger partial charge on any atom is 0.0961 e. The van der Waals surface area contributed by atoms with E-state index in [-0.39, 0.29) is 0 Å². The van der Waals surface area contributed by atoms with Gasteiger partial charge in [0.15, 0.2) is 0 Å². The van der Waals surface area contributed by atoms with Crippen LogP contribution in [0.1, 0.15) is 43.9 Å². The first-order valence-electron chi connectivity index (χ1n) is 7.55. The van der Waals surface area contributed by atoms with Gasteiger partial charge in [-0.05, 0) is 62.4 Å². The largest absolute Gasteiger partial charge is 0.326 e. The van der Waals surface area contributed by atoms with Crippen molar-refractivity contribution >= 4 is 11.0 Å². The summed E-state index contributed by atoms with van der Waals surface area (Å²) in [6.45, 7) is 9.06. The Bertz CT molecular complexity index is 639. The van der Waals surface area contributed by atoms with Gasteiger partial charge in [-0.3, -0.25) is 0 Å². The van der Waals surface area contributed by atoms with Gasteiger partial charge >= 0.3 is 0 Å². The monoisotopic (exact) mass is 271 g/mol. The molecule has 0 saturated heterocycles. The van der Waals surface area contributed by atoms with Crippen LogP contribution in [0, 0.1) is 19.3 Å². The smallest absolute Gasteiger partial charge is 0.0961 e. The van der Waals surface area contributed by atoms with Crippen molar-refractivity contribution in [3.63, 3.8) is 0 Å². The highest BCUT2D eigenvalue weighted by Crippen LogP contribution is 2.44. The Labute approximate surface area is 121 Å². The lowest BCUT2D eigenvalue weighted by Crippen LogP contribution is -2.40. The van der Waals surface area contributed by atoms with Crippen LogP contribution in [-0.4, -0.2) is 22.6 Å². The summed E-state index contributed by atoms with van der Waals surface area (Å²) >= 11 is 0. The average Bonchev–Trinajstić information content (AvgIpc) is 2.90. The van der Waals surface area contributed by atoms with E-state index in [1.807, 2.05) is 6.33 Å². The summed E-state index contributed by atoms with van der Waals surface area (Å²) in [5.74, 6) is 0. The van der Waals surface area contributed by atoms with Crippen LogP contribution in [0.15, 0.2) is 18.5 Å². The summed E-state index contributed by atoms with van der Waals surface area (Å²) < 4.78 is 2.39. The van der Waals surface area contributed by atoms with Gasteiger partial charge in [0.05, 0.1) is 23.4 Å². The van der Waals surface area contributed by atoms with Crippen molar-refractivity contribution < 1.29 is 0 Å². The molecule has 1 aromatic carbocycles. The number of hydrogen-bond acceptors (Lipinski definition) is 2. The number of hydrogen-bond donors (Lipinski definition) is 1. The molecule has 0 spiro atoms. The average molecular weight is 271 g/mol. The molecule has 1 aliphatic carbocycles. The number of benzene rings is 1. The highest BCUT2D eigenvalue weighted by atomic mass is 15.1. The van der Waals surface area contributed by atoms with Gasteiger partial charge in [-0.1, -0.05) is 13.8 Å². The molecule has 1 heterocycles. The van der Waals surface area contributed by atoms with E-state index in [4.69, 9.17) is 0 Å². The van der Waals surface area contributed by atoms with E-state index < -0.39 is 0 Å². The molecule has 0 bridgehead atoms. The zero-order chi connectivity index (χ0) is 14.5. The Morgan fingerprint density at radius 2 is 1.95 bits per heavy atom. The molecule has 0 radical (unpaired) electrons. The van der Waals surface area contributed by atoms with Crippen molar-refractivity contribution in [3.05, 3.63) is 29.6 Å². The van der Waals surface area contributed by atoms with E-state index in [1.54, 1.807) is 0 Å². The summed E-state index contributed by atoms with van der Waals surface area (Å²) in [5, 5.41) is 3.53. The number of nitrogens with zero attached hydrogens (tertiary/aromatic N) is 2. The van der Waals surface area contributed by atoms with E-state index in [2.05, 4.69) is 61.7 Å². The third-order valence-electron chi connectivity index (χ3n) is 5.17. The van der Waals surface area contributed by atoms with Crippen LogP contribution in [0.25, 0.3) is 11.0 Å². The fraction of sp³-hybridized carbons (Fsp3) is 0.588. The Morgan fingerprint density at radius 1 is 1.25 bits per heavy atom. The summed E-state index contributed by atoms with van der Waals surface area (Å²) in [7, 11) is 2.08. The topological polar surface area (TPSA) is 29.9 Å². The van der Waals surface area contributed by atoms with Crippen LogP contribution in [0.2, 0.25) is 0 Å². The molecule has 20 heavy (non-hydrogen) atoms. The Kier molecular flexibility index (Phi) is 3.13. The van der Waals surface area contributed by atoms with E-state index >= 15 is 0 Å². The van der Waals surface area contributed by atoms with Crippen molar-refractivity contribution in [2.24, 2.45) is 5.41 Å². The van der Waals surface area contributed by atoms with Crippen LogP contribution in [-0.2, 0) is 0 Å². The number of likely N-dealkylation sites (N-methyl/N-ethyl adjacent to an activating group) is 1. The van der Waals surface area contributed by atoms with Crippen molar-refractivity contribution in [2.45, 2.75) is 52.6 Å². The second-order valence-corrected chi connectivity index (χ2v) is 6.94. The van der Waals surface area contributed by atoms with Gasteiger partial charge in [0.2, 0.25) is 0 Å². The Balaban J connectivity index is 2.09. The van der Waals surface area contributed by atoms with E-state index in [9.17, 15) is 0 Å². The number of aryl methyl sites for hydroxylation is 2. The van der Waals surface area contributed by atoms with Crippen LogP contribution in [0.5, 0.6) is 0 Å². The van der Waals surface area contributed by atoms with Gasteiger partial charge < -0.3 is 9.88 Å². The maximum absolute atomic E-state index is 4.62. The molecule has 0 amide bonds.